The zero-order valence-electron chi connectivity index (χ0n) is 12.1. The molecule has 0 aliphatic rings. The molecule has 6 heteroatoms. The van der Waals surface area contributed by atoms with Crippen molar-refractivity contribution in [3.63, 3.8) is 0 Å². The van der Waals surface area contributed by atoms with Crippen molar-refractivity contribution in [2.24, 2.45) is 5.73 Å². The fourth-order valence-electron chi connectivity index (χ4n) is 1.89. The van der Waals surface area contributed by atoms with Crippen molar-refractivity contribution in [2.45, 2.75) is 13.8 Å². The lowest BCUT2D eigenvalue weighted by molar-refractivity contribution is 0.332. The van der Waals surface area contributed by atoms with Crippen molar-refractivity contribution in [2.75, 3.05) is 18.5 Å². The van der Waals surface area contributed by atoms with Crippen LogP contribution in [0.3, 0.4) is 0 Å². The third kappa shape index (κ3) is 3.88. The van der Waals surface area contributed by atoms with Gasteiger partial charge in [-0.05, 0) is 31.5 Å². The van der Waals surface area contributed by atoms with Crippen molar-refractivity contribution in [3.05, 3.63) is 47.2 Å². The van der Waals surface area contributed by atoms with Crippen LogP contribution in [0.4, 0.5) is 5.82 Å². The van der Waals surface area contributed by atoms with Crippen LogP contribution in [0.25, 0.3) is 0 Å². The highest BCUT2D eigenvalue weighted by Gasteiger charge is 2.13. The molecule has 0 saturated carbocycles. The van der Waals surface area contributed by atoms with E-state index in [-0.39, 0.29) is 0 Å². The highest BCUT2D eigenvalue weighted by molar-refractivity contribution is 7.80. The standard InChI is InChI=1S/C15H18N4OS/c1-10-11(2)18-19-15(13(10)14(16)21)17-8-9-20-12-6-4-3-5-7-12/h3-7H,8-9H2,1-2H3,(H2,16,21)(H,17,19). The molecular weight excluding hydrogens is 284 g/mol. The molecule has 0 amide bonds. The summed E-state index contributed by atoms with van der Waals surface area (Å²) in [5, 5.41) is 11.4. The Balaban J connectivity index is 1.97. The van der Waals surface area contributed by atoms with Crippen LogP contribution in [0.1, 0.15) is 16.8 Å². The van der Waals surface area contributed by atoms with E-state index >= 15 is 0 Å². The molecule has 21 heavy (non-hydrogen) atoms. The largest absolute Gasteiger partial charge is 0.492 e. The summed E-state index contributed by atoms with van der Waals surface area (Å²) < 4.78 is 5.61. The second-order valence-electron chi connectivity index (χ2n) is 4.59. The Morgan fingerprint density at radius 1 is 1.24 bits per heavy atom. The van der Waals surface area contributed by atoms with Gasteiger partial charge in [0.15, 0.2) is 5.82 Å². The number of hydrogen-bond donors (Lipinski definition) is 2. The Bertz CT molecular complexity index is 631. The lowest BCUT2D eigenvalue weighted by Gasteiger charge is -2.13. The van der Waals surface area contributed by atoms with Gasteiger partial charge in [0, 0.05) is 0 Å². The Labute approximate surface area is 129 Å². The zero-order valence-corrected chi connectivity index (χ0v) is 12.9. The van der Waals surface area contributed by atoms with Crippen LogP contribution in [0, 0.1) is 13.8 Å². The van der Waals surface area contributed by atoms with Crippen LogP contribution in [-0.4, -0.2) is 28.3 Å². The third-order valence-corrected chi connectivity index (χ3v) is 3.31. The van der Waals surface area contributed by atoms with Gasteiger partial charge in [-0.2, -0.15) is 5.10 Å². The first-order valence-corrected chi connectivity index (χ1v) is 7.06. The lowest BCUT2D eigenvalue weighted by atomic mass is 10.1. The zero-order chi connectivity index (χ0) is 15.2. The number of aryl methyl sites for hydroxylation is 1. The molecule has 0 aliphatic heterocycles. The molecule has 110 valence electrons. The van der Waals surface area contributed by atoms with E-state index in [4.69, 9.17) is 22.7 Å². The van der Waals surface area contributed by atoms with Gasteiger partial charge >= 0.3 is 0 Å². The van der Waals surface area contributed by atoms with Crippen molar-refractivity contribution in [1.29, 1.82) is 0 Å². The highest BCUT2D eigenvalue weighted by Crippen LogP contribution is 2.18. The van der Waals surface area contributed by atoms with Crippen LogP contribution in [0.5, 0.6) is 5.75 Å². The number of anilines is 1. The molecule has 1 heterocycles. The van der Waals surface area contributed by atoms with E-state index in [0.717, 1.165) is 22.6 Å². The molecule has 0 atom stereocenters. The van der Waals surface area contributed by atoms with E-state index in [1.165, 1.54) is 0 Å². The molecule has 1 aromatic heterocycles. The molecule has 0 saturated heterocycles. The third-order valence-electron chi connectivity index (χ3n) is 3.11. The summed E-state index contributed by atoms with van der Waals surface area (Å²) in [5.74, 6) is 1.43. The van der Waals surface area contributed by atoms with E-state index in [9.17, 15) is 0 Å². The van der Waals surface area contributed by atoms with E-state index in [1.807, 2.05) is 44.2 Å². The molecule has 0 aliphatic carbocycles. The molecule has 2 rings (SSSR count). The van der Waals surface area contributed by atoms with Gasteiger partial charge in [0.1, 0.15) is 17.3 Å². The highest BCUT2D eigenvalue weighted by atomic mass is 32.1. The predicted molar refractivity (Wildman–Crippen MR) is 87.8 cm³/mol. The maximum Gasteiger partial charge on any atom is 0.159 e. The number of thiocarbonyl (C=S) groups is 1. The average molecular weight is 302 g/mol. The molecular formula is C15H18N4OS. The lowest BCUT2D eigenvalue weighted by Crippen LogP contribution is -2.20. The summed E-state index contributed by atoms with van der Waals surface area (Å²) in [7, 11) is 0. The molecule has 3 N–H and O–H groups in total. The van der Waals surface area contributed by atoms with E-state index in [1.54, 1.807) is 0 Å². The van der Waals surface area contributed by atoms with Crippen LogP contribution in [-0.2, 0) is 0 Å². The second-order valence-corrected chi connectivity index (χ2v) is 5.03. The fraction of sp³-hybridized carbons (Fsp3) is 0.267. The van der Waals surface area contributed by atoms with E-state index in [0.29, 0.717) is 24.0 Å². The summed E-state index contributed by atoms with van der Waals surface area (Å²) in [4.78, 5) is 0.317. The molecule has 2 aromatic rings. The maximum atomic E-state index is 5.77. The molecule has 0 fully saturated rings. The second kappa shape index (κ2) is 6.99. The topological polar surface area (TPSA) is 73.1 Å². The number of ether oxygens (including phenoxy) is 1. The number of nitrogens with two attached hydrogens (primary N) is 1. The summed E-state index contributed by atoms with van der Waals surface area (Å²) >= 11 is 5.09. The Kier molecular flexibility index (Phi) is 5.05. The average Bonchev–Trinajstić information content (AvgIpc) is 2.48. The Hall–Kier alpha value is -2.21. The summed E-state index contributed by atoms with van der Waals surface area (Å²) in [6, 6.07) is 9.64. The molecule has 0 bridgehead atoms. The minimum absolute atomic E-state index is 0.317. The van der Waals surface area contributed by atoms with Gasteiger partial charge in [-0.25, -0.2) is 0 Å². The summed E-state index contributed by atoms with van der Waals surface area (Å²) in [6.45, 7) is 4.91. The Morgan fingerprint density at radius 3 is 2.62 bits per heavy atom. The van der Waals surface area contributed by atoms with Gasteiger partial charge in [0.2, 0.25) is 0 Å². The van der Waals surface area contributed by atoms with E-state index in [2.05, 4.69) is 15.5 Å². The van der Waals surface area contributed by atoms with Gasteiger partial charge in [-0.1, -0.05) is 30.4 Å². The van der Waals surface area contributed by atoms with Crippen LogP contribution >= 0.6 is 12.2 Å². The number of rotatable bonds is 6. The first kappa shape index (κ1) is 15.2. The normalized spacial score (nSPS) is 10.2. The summed E-state index contributed by atoms with van der Waals surface area (Å²) in [5.41, 5.74) is 8.29. The molecule has 0 spiro atoms. The summed E-state index contributed by atoms with van der Waals surface area (Å²) in [6.07, 6.45) is 0. The molecule has 0 unspecified atom stereocenters. The SMILES string of the molecule is Cc1nnc(NCCOc2ccccc2)c(C(N)=S)c1C. The monoisotopic (exact) mass is 302 g/mol. The number of aromatic nitrogens is 2. The van der Waals surface area contributed by atoms with Gasteiger partial charge in [0.25, 0.3) is 0 Å². The molecule has 1 aromatic carbocycles. The van der Waals surface area contributed by atoms with Crippen molar-refractivity contribution >= 4 is 23.0 Å². The molecule has 5 nitrogen and oxygen atoms in total. The van der Waals surface area contributed by atoms with Crippen molar-refractivity contribution in [3.8, 4) is 5.75 Å². The van der Waals surface area contributed by atoms with Crippen molar-refractivity contribution in [1.82, 2.24) is 10.2 Å². The number of benzene rings is 1. The van der Waals surface area contributed by atoms with Crippen molar-refractivity contribution < 1.29 is 4.74 Å². The number of hydrogen-bond acceptors (Lipinski definition) is 5. The smallest absolute Gasteiger partial charge is 0.159 e. The minimum atomic E-state index is 0.317. The van der Waals surface area contributed by atoms with Crippen LogP contribution < -0.4 is 15.8 Å². The van der Waals surface area contributed by atoms with Crippen LogP contribution in [0.15, 0.2) is 30.3 Å². The van der Waals surface area contributed by atoms with Gasteiger partial charge < -0.3 is 15.8 Å². The first-order valence-electron chi connectivity index (χ1n) is 6.65. The van der Waals surface area contributed by atoms with Gasteiger partial charge in [0.05, 0.1) is 17.8 Å². The number of nitrogens with zero attached hydrogens (tertiary/aromatic N) is 2. The van der Waals surface area contributed by atoms with Gasteiger partial charge in [-0.15, -0.1) is 5.10 Å². The maximum absolute atomic E-state index is 5.77. The number of nitrogens with one attached hydrogen (secondary N) is 1. The number of para-hydroxylation sites is 1. The minimum Gasteiger partial charge on any atom is -0.492 e. The first-order chi connectivity index (χ1) is 10.1. The van der Waals surface area contributed by atoms with Crippen LogP contribution in [0.2, 0.25) is 0 Å². The predicted octanol–water partition coefficient (Wildman–Crippen LogP) is 2.22. The quantitative estimate of drug-likeness (QED) is 0.629. The van der Waals surface area contributed by atoms with E-state index < -0.39 is 0 Å². The molecule has 0 radical (unpaired) electrons. The Morgan fingerprint density at radius 2 is 1.95 bits per heavy atom. The fourth-order valence-corrected chi connectivity index (χ4v) is 2.14. The van der Waals surface area contributed by atoms with Gasteiger partial charge in [-0.3, -0.25) is 0 Å².